The van der Waals surface area contributed by atoms with Crippen LogP contribution >= 0.6 is 0 Å². The maximum absolute atomic E-state index is 13.3. The summed E-state index contributed by atoms with van der Waals surface area (Å²) in [6.07, 6.45) is 7.57. The molecule has 0 unspecified atom stereocenters. The van der Waals surface area contributed by atoms with Crippen molar-refractivity contribution in [2.45, 2.75) is 38.1 Å². The standard InChI is InChI=1S/C25H24FN5O/c26-19-12-8-17(9-13-19)22-7-4-16-31-23(22)29-25(30-31)28-21-14-10-18(11-15-21)24(32)27-20-5-2-1-3-6-20/h4,7-16,20H,1-3,5-6H2,(H,27,32)(H,28,30). The van der Waals surface area contributed by atoms with Crippen molar-refractivity contribution in [2.75, 3.05) is 5.32 Å². The molecule has 1 amide bonds. The van der Waals surface area contributed by atoms with Gasteiger partial charge in [-0.3, -0.25) is 4.79 Å². The van der Waals surface area contributed by atoms with Crippen LogP contribution in [0, 0.1) is 5.82 Å². The summed E-state index contributed by atoms with van der Waals surface area (Å²) in [6, 6.07) is 17.7. The van der Waals surface area contributed by atoms with Crippen molar-refractivity contribution in [3.63, 3.8) is 0 Å². The molecule has 2 N–H and O–H groups in total. The van der Waals surface area contributed by atoms with Gasteiger partial charge in [0.1, 0.15) is 5.82 Å². The number of carbonyl (C=O) groups excluding carboxylic acids is 1. The van der Waals surface area contributed by atoms with Crippen molar-refractivity contribution in [1.82, 2.24) is 19.9 Å². The molecule has 2 heterocycles. The Bertz CT molecular complexity index is 1230. The van der Waals surface area contributed by atoms with Gasteiger partial charge in [-0.2, -0.15) is 4.98 Å². The first-order valence-electron chi connectivity index (χ1n) is 10.9. The lowest BCUT2D eigenvalue weighted by Gasteiger charge is -2.22. The second kappa shape index (κ2) is 8.78. The van der Waals surface area contributed by atoms with Crippen LogP contribution in [0.25, 0.3) is 16.8 Å². The number of carbonyl (C=O) groups is 1. The molecule has 32 heavy (non-hydrogen) atoms. The fourth-order valence-corrected chi connectivity index (χ4v) is 4.16. The third-order valence-electron chi connectivity index (χ3n) is 5.86. The second-order valence-electron chi connectivity index (χ2n) is 8.14. The number of hydrogen-bond acceptors (Lipinski definition) is 4. The molecule has 0 radical (unpaired) electrons. The lowest BCUT2D eigenvalue weighted by Crippen LogP contribution is -2.36. The first kappa shape index (κ1) is 20.2. The molecule has 2 aromatic heterocycles. The Morgan fingerprint density at radius 1 is 0.969 bits per heavy atom. The molecule has 0 saturated heterocycles. The van der Waals surface area contributed by atoms with Crippen molar-refractivity contribution in [3.8, 4) is 11.1 Å². The van der Waals surface area contributed by atoms with Crippen LogP contribution in [-0.4, -0.2) is 26.5 Å². The van der Waals surface area contributed by atoms with Crippen molar-refractivity contribution >= 4 is 23.2 Å². The third-order valence-corrected chi connectivity index (χ3v) is 5.86. The number of amides is 1. The van der Waals surface area contributed by atoms with Crippen LogP contribution in [0.5, 0.6) is 0 Å². The van der Waals surface area contributed by atoms with Gasteiger partial charge in [-0.1, -0.05) is 31.4 Å². The topological polar surface area (TPSA) is 71.3 Å². The van der Waals surface area contributed by atoms with E-state index >= 15 is 0 Å². The van der Waals surface area contributed by atoms with E-state index in [2.05, 4.69) is 20.7 Å². The Morgan fingerprint density at radius 2 is 1.72 bits per heavy atom. The fourth-order valence-electron chi connectivity index (χ4n) is 4.16. The molecule has 7 heteroatoms. The minimum atomic E-state index is -0.277. The summed E-state index contributed by atoms with van der Waals surface area (Å²) in [6.45, 7) is 0. The molecule has 1 aliphatic rings. The Hall–Kier alpha value is -3.74. The van der Waals surface area contributed by atoms with Crippen LogP contribution in [0.2, 0.25) is 0 Å². The van der Waals surface area contributed by atoms with Crippen molar-refractivity contribution in [3.05, 3.63) is 78.2 Å². The molecular weight excluding hydrogens is 405 g/mol. The predicted octanol–water partition coefficient (Wildman–Crippen LogP) is 5.34. The van der Waals surface area contributed by atoms with E-state index in [0.29, 0.717) is 17.2 Å². The second-order valence-corrected chi connectivity index (χ2v) is 8.14. The SMILES string of the molecule is O=C(NC1CCCCC1)c1ccc(Nc2nc3c(-c4ccc(F)cc4)cccn3n2)cc1. The van der Waals surface area contributed by atoms with Crippen molar-refractivity contribution < 1.29 is 9.18 Å². The Kier molecular flexibility index (Phi) is 5.54. The molecule has 1 saturated carbocycles. The number of fused-ring (bicyclic) bond motifs is 1. The molecule has 5 rings (SSSR count). The summed E-state index contributed by atoms with van der Waals surface area (Å²) in [5.41, 5.74) is 3.83. The first-order chi connectivity index (χ1) is 15.7. The maximum Gasteiger partial charge on any atom is 0.251 e. The van der Waals surface area contributed by atoms with Gasteiger partial charge in [-0.25, -0.2) is 8.91 Å². The van der Waals surface area contributed by atoms with Gasteiger partial charge in [-0.05, 0) is 66.9 Å². The molecule has 1 fully saturated rings. The monoisotopic (exact) mass is 429 g/mol. The number of aromatic nitrogens is 3. The van der Waals surface area contributed by atoms with Crippen LogP contribution in [0.15, 0.2) is 66.9 Å². The smallest absolute Gasteiger partial charge is 0.251 e. The zero-order valence-corrected chi connectivity index (χ0v) is 17.6. The van der Waals surface area contributed by atoms with E-state index in [-0.39, 0.29) is 17.8 Å². The average molecular weight is 429 g/mol. The third kappa shape index (κ3) is 4.32. The minimum absolute atomic E-state index is 0.0294. The van der Waals surface area contributed by atoms with E-state index in [1.165, 1.54) is 31.4 Å². The molecule has 0 atom stereocenters. The van der Waals surface area contributed by atoms with Gasteiger partial charge >= 0.3 is 0 Å². The molecule has 0 spiro atoms. The number of hydrogen-bond donors (Lipinski definition) is 2. The fraction of sp³-hybridized carbons (Fsp3) is 0.240. The van der Waals surface area contributed by atoms with E-state index in [1.807, 2.05) is 30.5 Å². The molecular formula is C25H24FN5O. The number of halogens is 1. The van der Waals surface area contributed by atoms with E-state index in [0.717, 1.165) is 29.7 Å². The van der Waals surface area contributed by atoms with Crippen LogP contribution in [0.1, 0.15) is 42.5 Å². The van der Waals surface area contributed by atoms with Gasteiger partial charge in [0.05, 0.1) is 0 Å². The minimum Gasteiger partial charge on any atom is -0.349 e. The summed E-state index contributed by atoms with van der Waals surface area (Å²) in [4.78, 5) is 17.1. The normalized spacial score (nSPS) is 14.4. The highest BCUT2D eigenvalue weighted by Gasteiger charge is 2.16. The Labute approximate surface area is 185 Å². The first-order valence-corrected chi connectivity index (χ1v) is 10.9. The van der Waals surface area contributed by atoms with Gasteiger partial charge in [-0.15, -0.1) is 5.10 Å². The Balaban J connectivity index is 1.31. The number of pyridine rings is 1. The summed E-state index contributed by atoms with van der Waals surface area (Å²) in [7, 11) is 0. The number of nitrogens with zero attached hydrogens (tertiary/aromatic N) is 3. The number of benzene rings is 2. The zero-order valence-electron chi connectivity index (χ0n) is 17.6. The van der Waals surface area contributed by atoms with Gasteiger partial charge in [0.2, 0.25) is 5.95 Å². The average Bonchev–Trinajstić information content (AvgIpc) is 3.23. The number of anilines is 2. The van der Waals surface area contributed by atoms with Gasteiger partial charge < -0.3 is 10.6 Å². The maximum atomic E-state index is 13.3. The van der Waals surface area contributed by atoms with Crippen LogP contribution in [-0.2, 0) is 0 Å². The van der Waals surface area contributed by atoms with Gasteiger partial charge in [0.25, 0.3) is 5.91 Å². The molecule has 162 valence electrons. The van der Waals surface area contributed by atoms with E-state index in [1.54, 1.807) is 28.8 Å². The highest BCUT2D eigenvalue weighted by atomic mass is 19.1. The summed E-state index contributed by atoms with van der Waals surface area (Å²) < 4.78 is 15.0. The number of nitrogens with one attached hydrogen (secondary N) is 2. The predicted molar refractivity (Wildman–Crippen MR) is 122 cm³/mol. The molecule has 1 aliphatic carbocycles. The quantitative estimate of drug-likeness (QED) is 0.449. The molecule has 6 nitrogen and oxygen atoms in total. The van der Waals surface area contributed by atoms with E-state index < -0.39 is 0 Å². The summed E-state index contributed by atoms with van der Waals surface area (Å²) >= 11 is 0. The van der Waals surface area contributed by atoms with Crippen molar-refractivity contribution in [2.24, 2.45) is 0 Å². The zero-order chi connectivity index (χ0) is 21.9. The van der Waals surface area contributed by atoms with Gasteiger partial charge in [0.15, 0.2) is 5.65 Å². The Morgan fingerprint density at radius 3 is 2.47 bits per heavy atom. The molecule has 2 aromatic carbocycles. The highest BCUT2D eigenvalue weighted by Crippen LogP contribution is 2.25. The highest BCUT2D eigenvalue weighted by molar-refractivity contribution is 5.94. The summed E-state index contributed by atoms with van der Waals surface area (Å²) in [5.74, 6) is 0.137. The van der Waals surface area contributed by atoms with Gasteiger partial charge in [0, 0.05) is 29.1 Å². The molecule has 0 bridgehead atoms. The number of rotatable bonds is 5. The van der Waals surface area contributed by atoms with Crippen molar-refractivity contribution in [1.29, 1.82) is 0 Å². The van der Waals surface area contributed by atoms with Crippen LogP contribution in [0.4, 0.5) is 16.0 Å². The van der Waals surface area contributed by atoms with E-state index in [9.17, 15) is 9.18 Å². The lowest BCUT2D eigenvalue weighted by atomic mass is 9.95. The lowest BCUT2D eigenvalue weighted by molar-refractivity contribution is 0.0927. The van der Waals surface area contributed by atoms with Crippen LogP contribution in [0.3, 0.4) is 0 Å². The largest absolute Gasteiger partial charge is 0.349 e. The van der Waals surface area contributed by atoms with E-state index in [4.69, 9.17) is 0 Å². The molecule has 4 aromatic rings. The van der Waals surface area contributed by atoms with Crippen LogP contribution < -0.4 is 10.6 Å². The summed E-state index contributed by atoms with van der Waals surface area (Å²) in [5, 5.41) is 10.8. The molecule has 0 aliphatic heterocycles.